The molecule has 1 atom stereocenters. The van der Waals surface area contributed by atoms with E-state index in [1.165, 1.54) is 0 Å². The summed E-state index contributed by atoms with van der Waals surface area (Å²) in [6.45, 7) is 2.64. The molecule has 0 saturated carbocycles. The fourth-order valence-corrected chi connectivity index (χ4v) is 4.84. The third kappa shape index (κ3) is 5.02. The number of nitrogens with zero attached hydrogens (tertiary/aromatic N) is 1. The van der Waals surface area contributed by atoms with Crippen molar-refractivity contribution in [2.24, 2.45) is 0 Å². The maximum absolute atomic E-state index is 13.1. The average molecular weight is 489 g/mol. The number of fused-ring (bicyclic) bond motifs is 1. The van der Waals surface area contributed by atoms with E-state index in [0.29, 0.717) is 17.7 Å². The molecule has 0 spiro atoms. The number of carbonyl (C=O) groups excluding carboxylic acids is 1. The summed E-state index contributed by atoms with van der Waals surface area (Å²) in [6.07, 6.45) is 2.81. The molecule has 37 heavy (non-hydrogen) atoms. The fourth-order valence-electron chi connectivity index (χ4n) is 4.84. The second-order valence-corrected chi connectivity index (χ2v) is 9.07. The Morgan fingerprint density at radius 3 is 2.30 bits per heavy atom. The Morgan fingerprint density at radius 1 is 0.838 bits per heavy atom. The van der Waals surface area contributed by atoms with Gasteiger partial charge in [0.25, 0.3) is 5.91 Å². The number of rotatable bonds is 8. The maximum atomic E-state index is 13.1. The van der Waals surface area contributed by atoms with Crippen molar-refractivity contribution in [3.05, 3.63) is 132 Å². The van der Waals surface area contributed by atoms with Gasteiger partial charge in [0.15, 0.2) is 0 Å². The molecule has 0 aliphatic carbocycles. The van der Waals surface area contributed by atoms with Gasteiger partial charge in [-0.05, 0) is 59.0 Å². The molecule has 5 heteroatoms. The van der Waals surface area contributed by atoms with Crippen molar-refractivity contribution in [1.82, 2.24) is 9.88 Å². The Hall–Kier alpha value is -4.64. The number of carboxylic acid groups (broad SMARTS) is 1. The molecule has 4 aromatic carbocycles. The van der Waals surface area contributed by atoms with Gasteiger partial charge in [-0.2, -0.15) is 0 Å². The minimum atomic E-state index is -0.944. The van der Waals surface area contributed by atoms with Crippen LogP contribution in [0.15, 0.2) is 109 Å². The van der Waals surface area contributed by atoms with Gasteiger partial charge in [-0.3, -0.25) is 4.79 Å². The lowest BCUT2D eigenvalue weighted by molar-refractivity contribution is 0.0697. The number of benzene rings is 4. The molecule has 0 saturated heterocycles. The van der Waals surface area contributed by atoms with Gasteiger partial charge in [0, 0.05) is 29.2 Å². The lowest BCUT2D eigenvalue weighted by Crippen LogP contribution is -2.28. The third-order valence-corrected chi connectivity index (χ3v) is 6.75. The zero-order chi connectivity index (χ0) is 25.8. The summed E-state index contributed by atoms with van der Waals surface area (Å²) in [4.78, 5) is 24.9. The SMILES string of the molecule is CCC(NC(=O)c1ccc2c(ccn2Cc2ccccc2-c2ccccc2C(=O)O)c1)c1ccccc1. The van der Waals surface area contributed by atoms with E-state index in [9.17, 15) is 14.7 Å². The Morgan fingerprint density at radius 2 is 1.54 bits per heavy atom. The molecule has 0 aliphatic rings. The monoisotopic (exact) mass is 488 g/mol. The average Bonchev–Trinajstić information content (AvgIpc) is 3.34. The van der Waals surface area contributed by atoms with Gasteiger partial charge in [0.05, 0.1) is 11.6 Å². The molecule has 2 N–H and O–H groups in total. The van der Waals surface area contributed by atoms with E-state index in [0.717, 1.165) is 34.0 Å². The van der Waals surface area contributed by atoms with Crippen LogP contribution in [0.1, 0.15) is 51.2 Å². The molecule has 0 bridgehead atoms. The van der Waals surface area contributed by atoms with Gasteiger partial charge in [-0.15, -0.1) is 0 Å². The van der Waals surface area contributed by atoms with Gasteiger partial charge in [-0.25, -0.2) is 4.79 Å². The summed E-state index contributed by atoms with van der Waals surface area (Å²) < 4.78 is 2.12. The third-order valence-electron chi connectivity index (χ3n) is 6.75. The van der Waals surface area contributed by atoms with Gasteiger partial charge in [0.2, 0.25) is 0 Å². The lowest BCUT2D eigenvalue weighted by Gasteiger charge is -2.17. The molecular formula is C32H28N2O3. The van der Waals surface area contributed by atoms with E-state index in [-0.39, 0.29) is 17.5 Å². The molecule has 5 nitrogen and oxygen atoms in total. The van der Waals surface area contributed by atoms with Crippen LogP contribution in [0.3, 0.4) is 0 Å². The molecule has 0 aliphatic heterocycles. The van der Waals surface area contributed by atoms with Crippen LogP contribution >= 0.6 is 0 Å². The van der Waals surface area contributed by atoms with Gasteiger partial charge in [0.1, 0.15) is 0 Å². The second kappa shape index (κ2) is 10.5. The van der Waals surface area contributed by atoms with Crippen molar-refractivity contribution in [3.8, 4) is 11.1 Å². The van der Waals surface area contributed by atoms with Crippen molar-refractivity contribution >= 4 is 22.8 Å². The van der Waals surface area contributed by atoms with Crippen molar-refractivity contribution in [2.75, 3.05) is 0 Å². The number of carbonyl (C=O) groups is 2. The molecule has 1 unspecified atom stereocenters. The number of aromatic carboxylic acids is 1. The number of hydrogen-bond donors (Lipinski definition) is 2. The first-order valence-electron chi connectivity index (χ1n) is 12.4. The van der Waals surface area contributed by atoms with Gasteiger partial charge < -0.3 is 15.0 Å². The first-order chi connectivity index (χ1) is 18.0. The Labute approximate surface area is 216 Å². The highest BCUT2D eigenvalue weighted by Gasteiger charge is 2.16. The zero-order valence-electron chi connectivity index (χ0n) is 20.6. The number of nitrogens with one attached hydrogen (secondary N) is 1. The van der Waals surface area contributed by atoms with E-state index in [4.69, 9.17) is 0 Å². The Kier molecular flexibility index (Phi) is 6.86. The van der Waals surface area contributed by atoms with Crippen LogP contribution in [-0.4, -0.2) is 21.6 Å². The molecular weight excluding hydrogens is 460 g/mol. The minimum Gasteiger partial charge on any atom is -0.478 e. The fraction of sp³-hybridized carbons (Fsp3) is 0.125. The lowest BCUT2D eigenvalue weighted by atomic mass is 9.95. The maximum Gasteiger partial charge on any atom is 0.336 e. The van der Waals surface area contributed by atoms with Crippen LogP contribution in [0.4, 0.5) is 0 Å². The predicted octanol–water partition coefficient (Wildman–Crippen LogP) is 6.94. The summed E-state index contributed by atoms with van der Waals surface area (Å²) in [6, 6.07) is 32.7. The smallest absolute Gasteiger partial charge is 0.336 e. The molecule has 184 valence electrons. The molecule has 0 radical (unpaired) electrons. The minimum absolute atomic E-state index is 0.0424. The van der Waals surface area contributed by atoms with Gasteiger partial charge in [-0.1, -0.05) is 79.7 Å². The van der Waals surface area contributed by atoms with E-state index in [1.807, 2.05) is 97.2 Å². The number of aromatic nitrogens is 1. The van der Waals surface area contributed by atoms with Crippen molar-refractivity contribution in [2.45, 2.75) is 25.9 Å². The summed E-state index contributed by atoms with van der Waals surface area (Å²) in [5.74, 6) is -1.04. The van der Waals surface area contributed by atoms with Crippen LogP contribution in [0.5, 0.6) is 0 Å². The summed E-state index contributed by atoms with van der Waals surface area (Å²) in [5, 5.41) is 13.8. The second-order valence-electron chi connectivity index (χ2n) is 9.07. The van der Waals surface area contributed by atoms with Crippen molar-refractivity contribution in [1.29, 1.82) is 0 Å². The normalized spacial score (nSPS) is 11.8. The summed E-state index contributed by atoms with van der Waals surface area (Å²) in [5.41, 5.74) is 5.61. The van der Waals surface area contributed by atoms with Crippen LogP contribution < -0.4 is 5.32 Å². The largest absolute Gasteiger partial charge is 0.478 e. The summed E-state index contributed by atoms with van der Waals surface area (Å²) in [7, 11) is 0. The number of hydrogen-bond acceptors (Lipinski definition) is 2. The zero-order valence-corrected chi connectivity index (χ0v) is 20.6. The summed E-state index contributed by atoms with van der Waals surface area (Å²) >= 11 is 0. The molecule has 1 amide bonds. The topological polar surface area (TPSA) is 71.3 Å². The van der Waals surface area contributed by atoms with Crippen LogP contribution in [0.2, 0.25) is 0 Å². The molecule has 5 rings (SSSR count). The highest BCUT2D eigenvalue weighted by atomic mass is 16.4. The predicted molar refractivity (Wildman–Crippen MR) is 147 cm³/mol. The Balaban J connectivity index is 1.41. The van der Waals surface area contributed by atoms with Crippen LogP contribution in [-0.2, 0) is 6.54 Å². The highest BCUT2D eigenvalue weighted by molar-refractivity contribution is 5.98. The number of carboxylic acids is 1. The van der Waals surface area contributed by atoms with E-state index in [1.54, 1.807) is 12.1 Å². The standard InChI is InChI=1S/C32H28N2O3/c1-2-29(22-10-4-3-5-11-22)33-31(35)24-16-17-30-23(20-24)18-19-34(30)21-25-12-6-7-13-26(25)27-14-8-9-15-28(27)32(36)37/h3-20,29H,2,21H2,1H3,(H,33,35)(H,36,37). The van der Waals surface area contributed by atoms with E-state index < -0.39 is 5.97 Å². The van der Waals surface area contributed by atoms with Crippen LogP contribution in [0.25, 0.3) is 22.0 Å². The quantitative estimate of drug-likeness (QED) is 0.249. The van der Waals surface area contributed by atoms with E-state index >= 15 is 0 Å². The molecule has 1 heterocycles. The molecule has 0 fully saturated rings. The van der Waals surface area contributed by atoms with Crippen molar-refractivity contribution in [3.63, 3.8) is 0 Å². The first kappa shape index (κ1) is 24.1. The highest BCUT2D eigenvalue weighted by Crippen LogP contribution is 2.29. The first-order valence-corrected chi connectivity index (χ1v) is 12.4. The number of amides is 1. The molecule has 1 aromatic heterocycles. The Bertz CT molecular complexity index is 1570. The van der Waals surface area contributed by atoms with Crippen molar-refractivity contribution < 1.29 is 14.7 Å². The molecule has 5 aromatic rings. The van der Waals surface area contributed by atoms with Gasteiger partial charge >= 0.3 is 5.97 Å². The van der Waals surface area contributed by atoms with E-state index in [2.05, 4.69) is 16.8 Å². The van der Waals surface area contributed by atoms with Crippen LogP contribution in [0, 0.1) is 0 Å².